The van der Waals surface area contributed by atoms with Crippen LogP contribution in [0.25, 0.3) is 0 Å². The Labute approximate surface area is 111 Å². The van der Waals surface area contributed by atoms with E-state index >= 15 is 0 Å². The largest absolute Gasteiger partial charge is 0.466 e. The molecule has 1 rings (SSSR count). The smallest absolute Gasteiger partial charge is 0.307 e. The molecule has 0 heterocycles. The van der Waals surface area contributed by atoms with E-state index in [1.54, 1.807) is 25.1 Å². The third-order valence-electron chi connectivity index (χ3n) is 2.68. The number of carbonyl (C=O) groups excluding carboxylic acids is 1. The van der Waals surface area contributed by atoms with Gasteiger partial charge in [-0.3, -0.25) is 14.9 Å². The highest BCUT2D eigenvalue weighted by molar-refractivity contribution is 5.69. The molecular weight excluding hydrogens is 248 g/mol. The molecule has 1 unspecified atom stereocenters. The molecule has 6 heteroatoms. The van der Waals surface area contributed by atoms with Crippen LogP contribution < -0.4 is 5.32 Å². The molecule has 19 heavy (non-hydrogen) atoms. The van der Waals surface area contributed by atoms with Crippen molar-refractivity contribution < 1.29 is 14.5 Å². The molecule has 6 nitrogen and oxygen atoms in total. The zero-order chi connectivity index (χ0) is 14.3. The number of nitro benzene ring substituents is 1. The zero-order valence-corrected chi connectivity index (χ0v) is 11.1. The molecule has 0 fully saturated rings. The van der Waals surface area contributed by atoms with Gasteiger partial charge in [0.05, 0.1) is 18.0 Å². The van der Waals surface area contributed by atoms with E-state index in [9.17, 15) is 14.9 Å². The van der Waals surface area contributed by atoms with Crippen molar-refractivity contribution in [3.05, 3.63) is 39.9 Å². The van der Waals surface area contributed by atoms with E-state index in [4.69, 9.17) is 4.74 Å². The van der Waals surface area contributed by atoms with Gasteiger partial charge in [-0.25, -0.2) is 0 Å². The standard InChI is InChI=1S/C13H18N2O4/c1-3-19-13(16)8-9-14-10(2)11-6-4-5-7-12(11)15(17)18/h4-7,10,14H,3,8-9H2,1-2H3. The summed E-state index contributed by atoms with van der Waals surface area (Å²) in [5.74, 6) is -0.273. The van der Waals surface area contributed by atoms with Crippen LogP contribution in [0.15, 0.2) is 24.3 Å². The molecule has 0 amide bonds. The lowest BCUT2D eigenvalue weighted by Crippen LogP contribution is -2.23. The van der Waals surface area contributed by atoms with Gasteiger partial charge in [-0.15, -0.1) is 0 Å². The number of para-hydroxylation sites is 1. The Bertz CT molecular complexity index is 448. The summed E-state index contributed by atoms with van der Waals surface area (Å²) in [5.41, 5.74) is 0.690. The fourth-order valence-corrected chi connectivity index (χ4v) is 1.75. The Morgan fingerprint density at radius 1 is 1.47 bits per heavy atom. The number of esters is 1. The monoisotopic (exact) mass is 266 g/mol. The van der Waals surface area contributed by atoms with Crippen molar-refractivity contribution in [3.63, 3.8) is 0 Å². The van der Waals surface area contributed by atoms with E-state index in [0.29, 0.717) is 18.7 Å². The van der Waals surface area contributed by atoms with Crippen LogP contribution in [0.4, 0.5) is 5.69 Å². The predicted molar refractivity (Wildman–Crippen MR) is 70.8 cm³/mol. The minimum atomic E-state index is -0.404. The lowest BCUT2D eigenvalue weighted by Gasteiger charge is -2.13. The molecule has 0 aliphatic carbocycles. The molecule has 0 aliphatic rings. The molecule has 0 bridgehead atoms. The zero-order valence-electron chi connectivity index (χ0n) is 11.1. The molecule has 0 spiro atoms. The fourth-order valence-electron chi connectivity index (χ4n) is 1.75. The van der Waals surface area contributed by atoms with Crippen molar-refractivity contribution in [2.24, 2.45) is 0 Å². The maximum absolute atomic E-state index is 11.2. The Morgan fingerprint density at radius 2 is 2.16 bits per heavy atom. The van der Waals surface area contributed by atoms with Crippen molar-refractivity contribution in [3.8, 4) is 0 Å². The van der Waals surface area contributed by atoms with Crippen LogP contribution in [0.5, 0.6) is 0 Å². The van der Waals surface area contributed by atoms with Crippen LogP contribution in [0.2, 0.25) is 0 Å². The minimum absolute atomic E-state index is 0.0821. The van der Waals surface area contributed by atoms with E-state index in [0.717, 1.165) is 0 Å². The fraction of sp³-hybridized carbons (Fsp3) is 0.462. The number of benzene rings is 1. The van der Waals surface area contributed by atoms with Crippen molar-refractivity contribution in [2.45, 2.75) is 26.3 Å². The van der Waals surface area contributed by atoms with Gasteiger partial charge in [-0.05, 0) is 13.8 Å². The number of ether oxygens (including phenoxy) is 1. The molecule has 1 N–H and O–H groups in total. The van der Waals surface area contributed by atoms with E-state index < -0.39 is 4.92 Å². The number of nitrogens with zero attached hydrogens (tertiary/aromatic N) is 1. The lowest BCUT2D eigenvalue weighted by molar-refractivity contribution is -0.385. The summed E-state index contributed by atoms with van der Waals surface area (Å²) in [6.07, 6.45) is 0.249. The first-order valence-corrected chi connectivity index (χ1v) is 6.18. The normalized spacial score (nSPS) is 11.9. The van der Waals surface area contributed by atoms with Gasteiger partial charge in [0.1, 0.15) is 0 Å². The molecule has 1 aromatic rings. The Kier molecular flexibility index (Phi) is 5.95. The summed E-state index contributed by atoms with van der Waals surface area (Å²) >= 11 is 0. The quantitative estimate of drug-likeness (QED) is 0.465. The van der Waals surface area contributed by atoms with Crippen LogP contribution in [-0.2, 0) is 9.53 Å². The Balaban J connectivity index is 2.56. The van der Waals surface area contributed by atoms with Gasteiger partial charge in [0.2, 0.25) is 0 Å². The molecule has 1 atom stereocenters. The van der Waals surface area contributed by atoms with Crippen LogP contribution in [0.1, 0.15) is 31.9 Å². The SMILES string of the molecule is CCOC(=O)CCNC(C)c1ccccc1[N+](=O)[O-]. The van der Waals surface area contributed by atoms with Crippen molar-refractivity contribution in [1.29, 1.82) is 0 Å². The highest BCUT2D eigenvalue weighted by atomic mass is 16.6. The first-order chi connectivity index (χ1) is 9.06. The Morgan fingerprint density at radius 3 is 2.79 bits per heavy atom. The van der Waals surface area contributed by atoms with Crippen LogP contribution in [0, 0.1) is 10.1 Å². The number of nitrogens with one attached hydrogen (secondary N) is 1. The maximum Gasteiger partial charge on any atom is 0.307 e. The topological polar surface area (TPSA) is 81.5 Å². The van der Waals surface area contributed by atoms with Crippen molar-refractivity contribution in [1.82, 2.24) is 5.32 Å². The Hall–Kier alpha value is -1.95. The summed E-state index contributed by atoms with van der Waals surface area (Å²) in [4.78, 5) is 21.7. The highest BCUT2D eigenvalue weighted by Crippen LogP contribution is 2.24. The van der Waals surface area contributed by atoms with E-state index in [1.807, 2.05) is 6.92 Å². The van der Waals surface area contributed by atoms with Crippen LogP contribution >= 0.6 is 0 Å². The summed E-state index contributed by atoms with van der Waals surface area (Å²) in [6.45, 7) is 4.36. The molecule has 0 saturated heterocycles. The second kappa shape index (κ2) is 7.48. The number of carbonyl (C=O) groups is 1. The van der Waals surface area contributed by atoms with Crippen molar-refractivity contribution in [2.75, 3.05) is 13.2 Å². The number of hydrogen-bond acceptors (Lipinski definition) is 5. The van der Waals surface area contributed by atoms with Gasteiger partial charge in [-0.1, -0.05) is 18.2 Å². The van der Waals surface area contributed by atoms with Crippen molar-refractivity contribution >= 4 is 11.7 Å². The van der Waals surface area contributed by atoms with Gasteiger partial charge in [0.25, 0.3) is 5.69 Å². The van der Waals surface area contributed by atoms with Gasteiger partial charge in [-0.2, -0.15) is 0 Å². The molecule has 0 radical (unpaired) electrons. The molecule has 0 aliphatic heterocycles. The average molecular weight is 266 g/mol. The summed E-state index contributed by atoms with van der Waals surface area (Å²) in [5, 5.41) is 14.0. The summed E-state index contributed by atoms with van der Waals surface area (Å²) < 4.78 is 4.80. The van der Waals surface area contributed by atoms with Crippen LogP contribution in [-0.4, -0.2) is 24.0 Å². The molecular formula is C13H18N2O4. The third-order valence-corrected chi connectivity index (χ3v) is 2.68. The molecule has 104 valence electrons. The van der Waals surface area contributed by atoms with Gasteiger partial charge in [0, 0.05) is 24.2 Å². The van der Waals surface area contributed by atoms with E-state index in [2.05, 4.69) is 5.32 Å². The molecule has 1 aromatic carbocycles. The minimum Gasteiger partial charge on any atom is -0.466 e. The molecule has 0 saturated carbocycles. The van der Waals surface area contributed by atoms with E-state index in [-0.39, 0.29) is 24.1 Å². The number of rotatable bonds is 7. The highest BCUT2D eigenvalue weighted by Gasteiger charge is 2.17. The lowest BCUT2D eigenvalue weighted by atomic mass is 10.1. The van der Waals surface area contributed by atoms with Crippen LogP contribution in [0.3, 0.4) is 0 Å². The number of hydrogen-bond donors (Lipinski definition) is 1. The maximum atomic E-state index is 11.2. The van der Waals surface area contributed by atoms with Gasteiger partial charge < -0.3 is 10.1 Å². The third kappa shape index (κ3) is 4.67. The number of nitro groups is 1. The average Bonchev–Trinajstić information content (AvgIpc) is 2.38. The second-order valence-electron chi connectivity index (χ2n) is 4.05. The first-order valence-electron chi connectivity index (χ1n) is 6.18. The molecule has 0 aromatic heterocycles. The predicted octanol–water partition coefficient (Wildman–Crippen LogP) is 2.20. The van der Waals surface area contributed by atoms with Gasteiger partial charge in [0.15, 0.2) is 0 Å². The summed E-state index contributed by atoms with van der Waals surface area (Å²) in [6, 6.07) is 6.37. The summed E-state index contributed by atoms with van der Waals surface area (Å²) in [7, 11) is 0. The first kappa shape index (κ1) is 15.1. The second-order valence-corrected chi connectivity index (χ2v) is 4.05. The van der Waals surface area contributed by atoms with E-state index in [1.165, 1.54) is 6.07 Å². The van der Waals surface area contributed by atoms with Gasteiger partial charge >= 0.3 is 5.97 Å².